The second-order valence-electron chi connectivity index (χ2n) is 5.62. The molecule has 1 amide bonds. The average molecular weight is 403 g/mol. The topological polar surface area (TPSA) is 88.0 Å². The average Bonchev–Trinajstić information content (AvgIpc) is 2.97. The molecule has 27 heavy (non-hydrogen) atoms. The molecule has 0 aliphatic carbocycles. The summed E-state index contributed by atoms with van der Waals surface area (Å²) in [4.78, 5) is 27.7. The van der Waals surface area contributed by atoms with Crippen molar-refractivity contribution in [3.05, 3.63) is 63.5 Å². The SMILES string of the molecule is Cc1c(Cl)cccc1N=C1NC(=O)/C(=C/c2ccc(OCC(=O)O)cc2)S1. The molecule has 2 aromatic rings. The smallest absolute Gasteiger partial charge is 0.341 e. The second kappa shape index (κ2) is 8.28. The molecule has 2 N–H and O–H groups in total. The Bertz CT molecular complexity index is 955. The highest BCUT2D eigenvalue weighted by Gasteiger charge is 2.24. The molecule has 1 fully saturated rings. The van der Waals surface area contributed by atoms with Gasteiger partial charge in [0.25, 0.3) is 5.91 Å². The van der Waals surface area contributed by atoms with Gasteiger partial charge in [-0.25, -0.2) is 9.79 Å². The minimum atomic E-state index is -1.04. The van der Waals surface area contributed by atoms with Gasteiger partial charge in [0.1, 0.15) is 5.75 Å². The van der Waals surface area contributed by atoms with Crippen molar-refractivity contribution < 1.29 is 19.4 Å². The number of amides is 1. The van der Waals surface area contributed by atoms with Gasteiger partial charge in [0, 0.05) is 5.02 Å². The number of thioether (sulfide) groups is 1. The molecule has 1 aliphatic heterocycles. The molecular formula is C19H15ClN2O4S. The quantitative estimate of drug-likeness (QED) is 0.738. The van der Waals surface area contributed by atoms with Gasteiger partial charge in [-0.05, 0) is 60.2 Å². The lowest BCUT2D eigenvalue weighted by Gasteiger charge is -2.03. The van der Waals surface area contributed by atoms with E-state index in [1.165, 1.54) is 11.8 Å². The Hall–Kier alpha value is -2.77. The number of hydrogen-bond acceptors (Lipinski definition) is 5. The van der Waals surface area contributed by atoms with Crippen LogP contribution in [-0.4, -0.2) is 28.8 Å². The first-order valence-electron chi connectivity index (χ1n) is 7.92. The first kappa shape index (κ1) is 19.0. The third kappa shape index (κ3) is 4.90. The lowest BCUT2D eigenvalue weighted by molar-refractivity contribution is -0.139. The van der Waals surface area contributed by atoms with Crippen molar-refractivity contribution in [1.29, 1.82) is 0 Å². The van der Waals surface area contributed by atoms with E-state index < -0.39 is 12.6 Å². The molecule has 0 radical (unpaired) electrons. The van der Waals surface area contributed by atoms with Crippen molar-refractivity contribution in [2.45, 2.75) is 6.92 Å². The molecule has 3 rings (SSSR count). The van der Waals surface area contributed by atoms with E-state index in [-0.39, 0.29) is 5.91 Å². The first-order valence-corrected chi connectivity index (χ1v) is 9.11. The summed E-state index contributed by atoms with van der Waals surface area (Å²) in [5, 5.41) is 12.4. The Labute approximate surface area is 164 Å². The highest BCUT2D eigenvalue weighted by Crippen LogP contribution is 2.31. The number of aliphatic imine (C=N–C) groups is 1. The molecule has 138 valence electrons. The number of ether oxygens (including phenoxy) is 1. The zero-order valence-electron chi connectivity index (χ0n) is 14.2. The van der Waals surface area contributed by atoms with Crippen LogP contribution in [0.15, 0.2) is 52.4 Å². The van der Waals surface area contributed by atoms with Crippen molar-refractivity contribution in [3.63, 3.8) is 0 Å². The van der Waals surface area contributed by atoms with E-state index in [1.807, 2.05) is 13.0 Å². The fraction of sp³-hybridized carbons (Fsp3) is 0.105. The van der Waals surface area contributed by atoms with Crippen molar-refractivity contribution in [2.75, 3.05) is 6.61 Å². The minimum absolute atomic E-state index is 0.232. The van der Waals surface area contributed by atoms with Gasteiger partial charge in [0.05, 0.1) is 10.6 Å². The molecule has 0 saturated carbocycles. The predicted molar refractivity (Wildman–Crippen MR) is 107 cm³/mol. The van der Waals surface area contributed by atoms with E-state index in [4.69, 9.17) is 21.4 Å². The van der Waals surface area contributed by atoms with Crippen LogP contribution in [0.25, 0.3) is 6.08 Å². The number of carboxylic acids is 1. The molecule has 0 unspecified atom stereocenters. The number of rotatable bonds is 5. The Morgan fingerprint density at radius 1 is 1.30 bits per heavy atom. The number of carbonyl (C=O) groups excluding carboxylic acids is 1. The van der Waals surface area contributed by atoms with Crippen molar-refractivity contribution >= 4 is 52.2 Å². The van der Waals surface area contributed by atoms with Gasteiger partial charge in [-0.15, -0.1) is 0 Å². The van der Waals surface area contributed by atoms with E-state index in [9.17, 15) is 9.59 Å². The maximum absolute atomic E-state index is 12.2. The maximum Gasteiger partial charge on any atom is 0.341 e. The summed E-state index contributed by atoms with van der Waals surface area (Å²) in [7, 11) is 0. The van der Waals surface area contributed by atoms with Crippen LogP contribution < -0.4 is 10.1 Å². The molecule has 0 spiro atoms. The largest absolute Gasteiger partial charge is 0.482 e. The fourth-order valence-electron chi connectivity index (χ4n) is 2.26. The van der Waals surface area contributed by atoms with Crippen LogP contribution in [0.3, 0.4) is 0 Å². The lowest BCUT2D eigenvalue weighted by Crippen LogP contribution is -2.19. The number of aliphatic carboxylic acids is 1. The number of carbonyl (C=O) groups is 2. The van der Waals surface area contributed by atoms with Gasteiger partial charge in [0.2, 0.25) is 0 Å². The number of amidine groups is 1. The number of halogens is 1. The predicted octanol–water partition coefficient (Wildman–Crippen LogP) is 4.00. The summed E-state index contributed by atoms with van der Waals surface area (Å²) in [6, 6.07) is 12.2. The zero-order chi connectivity index (χ0) is 19.4. The van der Waals surface area contributed by atoms with Gasteiger partial charge < -0.3 is 15.2 Å². The van der Waals surface area contributed by atoms with E-state index in [1.54, 1.807) is 42.5 Å². The minimum Gasteiger partial charge on any atom is -0.482 e. The third-order valence-electron chi connectivity index (χ3n) is 3.65. The van der Waals surface area contributed by atoms with Crippen LogP contribution in [-0.2, 0) is 9.59 Å². The van der Waals surface area contributed by atoms with E-state index in [0.29, 0.717) is 26.5 Å². The van der Waals surface area contributed by atoms with Crippen LogP contribution in [0, 0.1) is 6.92 Å². The zero-order valence-corrected chi connectivity index (χ0v) is 15.8. The van der Waals surface area contributed by atoms with Crippen LogP contribution in [0.4, 0.5) is 5.69 Å². The van der Waals surface area contributed by atoms with E-state index in [2.05, 4.69) is 10.3 Å². The van der Waals surface area contributed by atoms with Gasteiger partial charge in [-0.1, -0.05) is 29.8 Å². The first-order chi connectivity index (χ1) is 12.9. The molecule has 6 nitrogen and oxygen atoms in total. The summed E-state index contributed by atoms with van der Waals surface area (Å²) < 4.78 is 5.08. The van der Waals surface area contributed by atoms with Crippen molar-refractivity contribution in [2.24, 2.45) is 4.99 Å². The van der Waals surface area contributed by atoms with Crippen LogP contribution in [0.2, 0.25) is 5.02 Å². The summed E-state index contributed by atoms with van der Waals surface area (Å²) in [5.41, 5.74) is 2.33. The number of nitrogens with zero attached hydrogens (tertiary/aromatic N) is 1. The van der Waals surface area contributed by atoms with Gasteiger partial charge in [-0.2, -0.15) is 0 Å². The van der Waals surface area contributed by atoms with Crippen LogP contribution >= 0.6 is 23.4 Å². The molecule has 0 atom stereocenters. The monoisotopic (exact) mass is 402 g/mol. The molecule has 1 aliphatic rings. The molecule has 0 bridgehead atoms. The summed E-state index contributed by atoms with van der Waals surface area (Å²) in [6.45, 7) is 1.47. The summed E-state index contributed by atoms with van der Waals surface area (Å²) in [6.07, 6.45) is 1.73. The number of hydrogen-bond donors (Lipinski definition) is 2. The van der Waals surface area contributed by atoms with E-state index >= 15 is 0 Å². The molecule has 1 saturated heterocycles. The molecule has 1 heterocycles. The van der Waals surface area contributed by atoms with Crippen LogP contribution in [0.5, 0.6) is 5.75 Å². The van der Waals surface area contributed by atoms with Gasteiger partial charge in [0.15, 0.2) is 11.8 Å². The Balaban J connectivity index is 1.74. The molecular weight excluding hydrogens is 388 g/mol. The lowest BCUT2D eigenvalue weighted by atomic mass is 10.2. The Morgan fingerprint density at radius 2 is 2.04 bits per heavy atom. The number of nitrogens with one attached hydrogen (secondary N) is 1. The van der Waals surface area contributed by atoms with Gasteiger partial charge >= 0.3 is 5.97 Å². The van der Waals surface area contributed by atoms with Crippen molar-refractivity contribution in [3.8, 4) is 5.75 Å². The van der Waals surface area contributed by atoms with Crippen LogP contribution in [0.1, 0.15) is 11.1 Å². The van der Waals surface area contributed by atoms with E-state index in [0.717, 1.165) is 11.1 Å². The molecule has 8 heteroatoms. The Kier molecular flexibility index (Phi) is 5.83. The van der Waals surface area contributed by atoms with Crippen molar-refractivity contribution in [1.82, 2.24) is 5.32 Å². The Morgan fingerprint density at radius 3 is 2.74 bits per heavy atom. The number of carboxylic acid groups (broad SMARTS) is 1. The summed E-state index contributed by atoms with van der Waals surface area (Å²) in [5.74, 6) is -0.826. The fourth-order valence-corrected chi connectivity index (χ4v) is 3.27. The molecule has 0 aromatic heterocycles. The standard InChI is InChI=1S/C19H15ClN2O4S/c1-11-14(20)3-2-4-15(11)21-19-22-18(25)16(27-19)9-12-5-7-13(8-6-12)26-10-17(23)24/h2-9H,10H2,1H3,(H,23,24)(H,21,22,25)/b16-9-. The van der Waals surface area contributed by atoms with Gasteiger partial charge in [-0.3, -0.25) is 4.79 Å². The third-order valence-corrected chi connectivity index (χ3v) is 4.97. The number of benzene rings is 2. The highest BCUT2D eigenvalue weighted by molar-refractivity contribution is 8.18. The highest BCUT2D eigenvalue weighted by atomic mass is 35.5. The summed E-state index contributed by atoms with van der Waals surface area (Å²) >= 11 is 7.34. The normalized spacial score (nSPS) is 16.6. The maximum atomic E-state index is 12.2. The molecule has 2 aromatic carbocycles. The second-order valence-corrected chi connectivity index (χ2v) is 7.05.